The Hall–Kier alpha value is -3.33. The highest BCUT2D eigenvalue weighted by Gasteiger charge is 2.23. The number of thiazole rings is 1. The molecular weight excluding hydrogens is 378 g/mol. The minimum absolute atomic E-state index is 0.312. The number of oxime groups is 1. The van der Waals surface area contributed by atoms with E-state index in [-0.39, 0.29) is 0 Å². The lowest BCUT2D eigenvalue weighted by atomic mass is 10.1. The fraction of sp³-hybridized carbons (Fsp3) is 0.211. The maximum atomic E-state index is 6.20. The smallest absolute Gasteiger partial charge is 0.263 e. The van der Waals surface area contributed by atoms with E-state index in [0.717, 1.165) is 27.2 Å². The van der Waals surface area contributed by atoms with E-state index in [0.29, 0.717) is 17.3 Å². The minimum Gasteiger partial charge on any atom is -0.474 e. The molecule has 0 bridgehead atoms. The van der Waals surface area contributed by atoms with E-state index in [4.69, 9.17) is 14.0 Å². The maximum Gasteiger partial charge on any atom is 0.263 e. The van der Waals surface area contributed by atoms with Crippen molar-refractivity contribution in [3.8, 4) is 5.75 Å². The Kier molecular flexibility index (Phi) is 5.24. The van der Waals surface area contributed by atoms with E-state index in [9.17, 15) is 0 Å². The van der Waals surface area contributed by atoms with Gasteiger partial charge >= 0.3 is 0 Å². The van der Waals surface area contributed by atoms with Crippen molar-refractivity contribution in [2.75, 3.05) is 7.11 Å². The first-order valence-corrected chi connectivity index (χ1v) is 9.43. The third kappa shape index (κ3) is 3.84. The molecule has 0 spiro atoms. The molecule has 4 aromatic rings. The second-order valence-corrected chi connectivity index (χ2v) is 6.91. The SMILES string of the molecule is CCc1nc2ccc(OC(c3cc(/C=N/OC)ccn3)c3nnco3)cc2s1. The summed E-state index contributed by atoms with van der Waals surface area (Å²) in [6, 6.07) is 9.43. The van der Waals surface area contributed by atoms with Crippen molar-refractivity contribution in [1.82, 2.24) is 20.2 Å². The number of aryl methyl sites for hydroxylation is 1. The van der Waals surface area contributed by atoms with Crippen LogP contribution >= 0.6 is 11.3 Å². The summed E-state index contributed by atoms with van der Waals surface area (Å²) in [5.41, 5.74) is 2.38. The fourth-order valence-corrected chi connectivity index (χ4v) is 3.58. The first-order chi connectivity index (χ1) is 13.8. The molecule has 0 fully saturated rings. The normalized spacial score (nSPS) is 12.5. The van der Waals surface area contributed by atoms with E-state index < -0.39 is 6.10 Å². The highest BCUT2D eigenvalue weighted by molar-refractivity contribution is 7.18. The average Bonchev–Trinajstić information content (AvgIpc) is 3.39. The summed E-state index contributed by atoms with van der Waals surface area (Å²) in [5.74, 6) is 0.978. The topological polar surface area (TPSA) is 95.5 Å². The molecule has 4 rings (SSSR count). The molecule has 0 amide bonds. The van der Waals surface area contributed by atoms with E-state index in [1.807, 2.05) is 30.3 Å². The Balaban J connectivity index is 1.69. The summed E-state index contributed by atoms with van der Waals surface area (Å²) in [6.07, 6.45) is 4.77. The molecule has 1 aromatic carbocycles. The third-order valence-electron chi connectivity index (χ3n) is 3.94. The molecule has 0 saturated carbocycles. The van der Waals surface area contributed by atoms with Crippen molar-refractivity contribution < 1.29 is 14.0 Å². The molecule has 3 heterocycles. The quantitative estimate of drug-likeness (QED) is 0.347. The average molecular weight is 395 g/mol. The highest BCUT2D eigenvalue weighted by atomic mass is 32.1. The van der Waals surface area contributed by atoms with Crippen LogP contribution in [0.15, 0.2) is 52.5 Å². The zero-order valence-electron chi connectivity index (χ0n) is 15.3. The van der Waals surface area contributed by atoms with Crippen LogP contribution in [-0.2, 0) is 11.3 Å². The zero-order valence-corrected chi connectivity index (χ0v) is 16.1. The molecule has 0 aliphatic carbocycles. The van der Waals surface area contributed by atoms with Crippen LogP contribution in [0.2, 0.25) is 0 Å². The van der Waals surface area contributed by atoms with Crippen LogP contribution in [0.5, 0.6) is 5.75 Å². The summed E-state index contributed by atoms with van der Waals surface area (Å²) in [4.78, 5) is 13.7. The number of hydrogen-bond donors (Lipinski definition) is 0. The third-order valence-corrected chi connectivity index (χ3v) is 5.11. The Morgan fingerprint density at radius 3 is 3.00 bits per heavy atom. The lowest BCUT2D eigenvalue weighted by Gasteiger charge is -2.15. The molecule has 28 heavy (non-hydrogen) atoms. The number of fused-ring (bicyclic) bond motifs is 1. The van der Waals surface area contributed by atoms with Gasteiger partial charge < -0.3 is 14.0 Å². The molecular formula is C19H17N5O3S. The summed E-state index contributed by atoms with van der Waals surface area (Å²) in [6.45, 7) is 2.09. The van der Waals surface area contributed by atoms with Gasteiger partial charge in [-0.25, -0.2) is 4.98 Å². The van der Waals surface area contributed by atoms with Gasteiger partial charge in [-0.05, 0) is 42.3 Å². The lowest BCUT2D eigenvalue weighted by Crippen LogP contribution is -2.12. The first kappa shape index (κ1) is 18.1. The van der Waals surface area contributed by atoms with Crippen molar-refractivity contribution in [3.63, 3.8) is 0 Å². The van der Waals surface area contributed by atoms with Crippen molar-refractivity contribution >= 4 is 27.8 Å². The van der Waals surface area contributed by atoms with Crippen LogP contribution in [0.1, 0.15) is 35.2 Å². The predicted octanol–water partition coefficient (Wildman–Crippen LogP) is 3.79. The van der Waals surface area contributed by atoms with E-state index in [1.165, 1.54) is 13.5 Å². The van der Waals surface area contributed by atoms with Gasteiger partial charge in [-0.2, -0.15) is 0 Å². The first-order valence-electron chi connectivity index (χ1n) is 8.61. The zero-order chi connectivity index (χ0) is 19.3. The van der Waals surface area contributed by atoms with E-state index in [2.05, 4.69) is 32.2 Å². The number of pyridine rings is 1. The van der Waals surface area contributed by atoms with Crippen LogP contribution in [0.25, 0.3) is 10.2 Å². The Morgan fingerprint density at radius 1 is 1.29 bits per heavy atom. The van der Waals surface area contributed by atoms with Crippen molar-refractivity contribution in [1.29, 1.82) is 0 Å². The number of aromatic nitrogens is 4. The Bertz CT molecular complexity index is 1090. The summed E-state index contributed by atoms with van der Waals surface area (Å²) in [7, 11) is 1.49. The van der Waals surface area contributed by atoms with Gasteiger partial charge in [0.05, 0.1) is 27.1 Å². The predicted molar refractivity (Wildman–Crippen MR) is 105 cm³/mol. The van der Waals surface area contributed by atoms with Crippen molar-refractivity contribution in [3.05, 3.63) is 65.1 Å². The molecule has 0 saturated heterocycles. The molecule has 1 atom stereocenters. The molecule has 142 valence electrons. The largest absolute Gasteiger partial charge is 0.474 e. The standard InChI is InChI=1S/C19H17N5O3S/c1-3-17-23-14-5-4-13(9-16(14)28-17)27-18(19-24-21-11-26-19)15-8-12(6-7-20-15)10-22-25-2/h4-11,18H,3H2,1-2H3/b22-10+. The summed E-state index contributed by atoms with van der Waals surface area (Å²) >= 11 is 1.65. The number of nitrogens with zero attached hydrogens (tertiary/aromatic N) is 5. The van der Waals surface area contributed by atoms with E-state index >= 15 is 0 Å². The van der Waals surface area contributed by atoms with Gasteiger partial charge in [-0.1, -0.05) is 12.1 Å². The molecule has 0 N–H and O–H groups in total. The number of benzene rings is 1. The summed E-state index contributed by atoms with van der Waals surface area (Å²) in [5, 5.41) is 12.7. The molecule has 9 heteroatoms. The van der Waals surface area contributed by atoms with Gasteiger partial charge in [0.1, 0.15) is 12.9 Å². The minimum atomic E-state index is -0.658. The van der Waals surface area contributed by atoms with Gasteiger partial charge in [-0.3, -0.25) is 4.98 Å². The lowest BCUT2D eigenvalue weighted by molar-refractivity contribution is 0.203. The van der Waals surface area contributed by atoms with Crippen LogP contribution in [0, 0.1) is 0 Å². The highest BCUT2D eigenvalue weighted by Crippen LogP contribution is 2.31. The van der Waals surface area contributed by atoms with Gasteiger partial charge in [0.25, 0.3) is 5.89 Å². The molecule has 0 radical (unpaired) electrons. The van der Waals surface area contributed by atoms with E-state index in [1.54, 1.807) is 23.7 Å². The van der Waals surface area contributed by atoms with Crippen LogP contribution < -0.4 is 4.74 Å². The van der Waals surface area contributed by atoms with Gasteiger partial charge in [0.15, 0.2) is 0 Å². The molecule has 3 aromatic heterocycles. The second kappa shape index (κ2) is 8.13. The van der Waals surface area contributed by atoms with Gasteiger partial charge in [0.2, 0.25) is 12.5 Å². The molecule has 8 nitrogen and oxygen atoms in total. The monoisotopic (exact) mass is 395 g/mol. The fourth-order valence-electron chi connectivity index (χ4n) is 2.65. The maximum absolute atomic E-state index is 6.20. The molecule has 0 aliphatic rings. The van der Waals surface area contributed by atoms with Crippen LogP contribution in [0.3, 0.4) is 0 Å². The van der Waals surface area contributed by atoms with Gasteiger partial charge in [0, 0.05) is 6.20 Å². The number of ether oxygens (including phenoxy) is 1. The van der Waals surface area contributed by atoms with Crippen molar-refractivity contribution in [2.24, 2.45) is 5.16 Å². The second-order valence-electron chi connectivity index (χ2n) is 5.80. The molecule has 1 unspecified atom stereocenters. The molecule has 0 aliphatic heterocycles. The van der Waals surface area contributed by atoms with Gasteiger partial charge in [-0.15, -0.1) is 21.5 Å². The Labute approximate surface area is 164 Å². The number of hydrogen-bond acceptors (Lipinski definition) is 9. The Morgan fingerprint density at radius 2 is 2.21 bits per heavy atom. The van der Waals surface area contributed by atoms with Crippen LogP contribution in [0.4, 0.5) is 0 Å². The number of rotatable bonds is 7. The van der Waals surface area contributed by atoms with Crippen molar-refractivity contribution in [2.45, 2.75) is 19.4 Å². The summed E-state index contributed by atoms with van der Waals surface area (Å²) < 4.78 is 12.7. The van der Waals surface area contributed by atoms with Crippen LogP contribution in [-0.4, -0.2) is 33.5 Å².